The molecule has 1 aliphatic heterocycles. The first kappa shape index (κ1) is 20.2. The summed E-state index contributed by atoms with van der Waals surface area (Å²) in [5, 5.41) is 14.2. The van der Waals surface area contributed by atoms with Crippen LogP contribution in [0.25, 0.3) is 0 Å². The summed E-state index contributed by atoms with van der Waals surface area (Å²) in [5.74, 6) is 2.81. The van der Waals surface area contributed by atoms with Crippen LogP contribution in [0.5, 0.6) is 0 Å². The standard InChI is InChI=1S/C18H33N7O/c1-6-14-23-15-9-8-13(12-25(15)24-14)22-17(19-7-2)21-11-10-20-16(26)18(3,4)5/h13H,6-12H2,1-5H3,(H,20,26)(H2,19,21,22). The number of aryl methyl sites for hydroxylation is 2. The number of aromatic nitrogens is 3. The number of rotatable bonds is 6. The minimum Gasteiger partial charge on any atom is -0.357 e. The van der Waals surface area contributed by atoms with Gasteiger partial charge in [-0.15, -0.1) is 0 Å². The Labute approximate surface area is 156 Å². The maximum atomic E-state index is 11.9. The Morgan fingerprint density at radius 2 is 2.08 bits per heavy atom. The predicted molar refractivity (Wildman–Crippen MR) is 103 cm³/mol. The van der Waals surface area contributed by atoms with Gasteiger partial charge < -0.3 is 16.0 Å². The molecule has 0 saturated heterocycles. The van der Waals surface area contributed by atoms with E-state index >= 15 is 0 Å². The Hall–Kier alpha value is -2.12. The Balaban J connectivity index is 1.86. The fourth-order valence-electron chi connectivity index (χ4n) is 2.74. The molecule has 3 N–H and O–H groups in total. The molecule has 1 aromatic heterocycles. The van der Waals surface area contributed by atoms with E-state index in [1.807, 2.05) is 32.4 Å². The van der Waals surface area contributed by atoms with Crippen molar-refractivity contribution in [1.82, 2.24) is 30.7 Å². The van der Waals surface area contributed by atoms with Crippen LogP contribution in [0.3, 0.4) is 0 Å². The number of carbonyl (C=O) groups is 1. The Morgan fingerprint density at radius 1 is 1.31 bits per heavy atom. The summed E-state index contributed by atoms with van der Waals surface area (Å²) in [4.78, 5) is 21.0. The molecule has 0 fully saturated rings. The normalized spacial score (nSPS) is 17.6. The first-order chi connectivity index (χ1) is 12.3. The van der Waals surface area contributed by atoms with E-state index in [0.29, 0.717) is 13.1 Å². The minimum absolute atomic E-state index is 0.0448. The Bertz CT molecular complexity index is 630. The van der Waals surface area contributed by atoms with Crippen molar-refractivity contribution in [1.29, 1.82) is 0 Å². The molecular weight excluding hydrogens is 330 g/mol. The van der Waals surface area contributed by atoms with Gasteiger partial charge in [0, 0.05) is 37.4 Å². The maximum absolute atomic E-state index is 11.9. The highest BCUT2D eigenvalue weighted by Crippen LogP contribution is 2.13. The summed E-state index contributed by atoms with van der Waals surface area (Å²) in [6, 6.07) is 0.274. The van der Waals surface area contributed by atoms with E-state index in [9.17, 15) is 4.79 Å². The highest BCUT2D eigenvalue weighted by atomic mass is 16.2. The Kier molecular flexibility index (Phi) is 6.99. The third kappa shape index (κ3) is 5.71. The molecule has 1 aliphatic rings. The summed E-state index contributed by atoms with van der Waals surface area (Å²) in [5.41, 5.74) is -0.374. The summed E-state index contributed by atoms with van der Waals surface area (Å²) in [6.07, 6.45) is 2.79. The van der Waals surface area contributed by atoms with Crippen molar-refractivity contribution in [2.24, 2.45) is 10.4 Å². The fourth-order valence-corrected chi connectivity index (χ4v) is 2.74. The van der Waals surface area contributed by atoms with Crippen LogP contribution in [0.2, 0.25) is 0 Å². The summed E-state index contributed by atoms with van der Waals surface area (Å²) in [7, 11) is 0. The molecule has 2 rings (SSSR count). The van der Waals surface area contributed by atoms with Crippen LogP contribution in [0, 0.1) is 5.41 Å². The van der Waals surface area contributed by atoms with Gasteiger partial charge in [-0.05, 0) is 13.3 Å². The number of carbonyl (C=O) groups excluding carboxylic acids is 1. The van der Waals surface area contributed by atoms with Gasteiger partial charge >= 0.3 is 0 Å². The van der Waals surface area contributed by atoms with Crippen molar-refractivity contribution < 1.29 is 4.79 Å². The zero-order valence-corrected chi connectivity index (χ0v) is 16.7. The van der Waals surface area contributed by atoms with Gasteiger partial charge in [-0.3, -0.25) is 9.79 Å². The molecule has 0 radical (unpaired) electrons. The first-order valence-corrected chi connectivity index (χ1v) is 9.59. The van der Waals surface area contributed by atoms with E-state index in [0.717, 1.165) is 50.0 Å². The van der Waals surface area contributed by atoms with E-state index in [4.69, 9.17) is 0 Å². The third-order valence-corrected chi connectivity index (χ3v) is 4.25. The van der Waals surface area contributed by atoms with Gasteiger partial charge in [0.2, 0.25) is 5.91 Å². The molecule has 8 heteroatoms. The van der Waals surface area contributed by atoms with Crippen LogP contribution < -0.4 is 16.0 Å². The minimum atomic E-state index is -0.374. The van der Waals surface area contributed by atoms with Crippen molar-refractivity contribution in [3.8, 4) is 0 Å². The molecule has 0 saturated carbocycles. The lowest BCUT2D eigenvalue weighted by atomic mass is 9.96. The second-order valence-corrected chi connectivity index (χ2v) is 7.63. The molecule has 146 valence electrons. The SMILES string of the molecule is CCNC(=NCCNC(=O)C(C)(C)C)NC1CCc2nc(CC)nn2C1. The summed E-state index contributed by atoms with van der Waals surface area (Å²) in [6.45, 7) is 12.5. The summed E-state index contributed by atoms with van der Waals surface area (Å²) >= 11 is 0. The number of fused-ring (bicyclic) bond motifs is 1. The molecule has 1 unspecified atom stereocenters. The zero-order valence-electron chi connectivity index (χ0n) is 16.7. The van der Waals surface area contributed by atoms with Crippen molar-refractivity contribution in [2.45, 2.75) is 66.5 Å². The largest absolute Gasteiger partial charge is 0.357 e. The molecule has 8 nitrogen and oxygen atoms in total. The number of guanidine groups is 1. The molecule has 1 amide bonds. The van der Waals surface area contributed by atoms with Gasteiger partial charge in [0.05, 0.1) is 13.1 Å². The second-order valence-electron chi connectivity index (χ2n) is 7.63. The highest BCUT2D eigenvalue weighted by Gasteiger charge is 2.22. The van der Waals surface area contributed by atoms with Gasteiger partial charge in [-0.25, -0.2) is 9.67 Å². The van der Waals surface area contributed by atoms with E-state index in [2.05, 4.69) is 37.9 Å². The molecule has 2 heterocycles. The van der Waals surface area contributed by atoms with Gasteiger partial charge in [0.25, 0.3) is 0 Å². The monoisotopic (exact) mass is 363 g/mol. The molecule has 0 aromatic carbocycles. The fraction of sp³-hybridized carbons (Fsp3) is 0.778. The highest BCUT2D eigenvalue weighted by molar-refractivity contribution is 5.81. The average Bonchev–Trinajstić information content (AvgIpc) is 3.00. The molecule has 0 spiro atoms. The smallest absolute Gasteiger partial charge is 0.225 e. The Morgan fingerprint density at radius 3 is 2.73 bits per heavy atom. The third-order valence-electron chi connectivity index (χ3n) is 4.25. The van der Waals surface area contributed by atoms with Gasteiger partial charge in [0.15, 0.2) is 11.8 Å². The molecule has 26 heavy (non-hydrogen) atoms. The van der Waals surface area contributed by atoms with Crippen LogP contribution in [0.15, 0.2) is 4.99 Å². The number of hydrogen-bond acceptors (Lipinski definition) is 4. The molecular formula is C18H33N7O. The van der Waals surface area contributed by atoms with Gasteiger partial charge in [-0.2, -0.15) is 5.10 Å². The average molecular weight is 364 g/mol. The second kappa shape index (κ2) is 9.00. The number of nitrogens with zero attached hydrogens (tertiary/aromatic N) is 4. The van der Waals surface area contributed by atoms with Gasteiger partial charge in [0.1, 0.15) is 5.82 Å². The summed E-state index contributed by atoms with van der Waals surface area (Å²) < 4.78 is 2.01. The quantitative estimate of drug-likeness (QED) is 0.396. The lowest BCUT2D eigenvalue weighted by Gasteiger charge is -2.25. The number of hydrogen-bond donors (Lipinski definition) is 3. The first-order valence-electron chi connectivity index (χ1n) is 9.59. The van der Waals surface area contributed by atoms with Crippen LogP contribution in [-0.4, -0.2) is 52.3 Å². The van der Waals surface area contributed by atoms with E-state index < -0.39 is 0 Å². The predicted octanol–water partition coefficient (Wildman–Crippen LogP) is 0.873. The van der Waals surface area contributed by atoms with E-state index in [1.165, 1.54) is 0 Å². The van der Waals surface area contributed by atoms with Crippen LogP contribution in [-0.2, 0) is 24.2 Å². The molecule has 0 bridgehead atoms. The van der Waals surface area contributed by atoms with Crippen LogP contribution in [0.1, 0.15) is 52.7 Å². The number of aliphatic imine (C=N–C) groups is 1. The topological polar surface area (TPSA) is 96.2 Å². The lowest BCUT2D eigenvalue weighted by Crippen LogP contribution is -2.47. The molecule has 1 atom stereocenters. The van der Waals surface area contributed by atoms with Crippen LogP contribution in [0.4, 0.5) is 0 Å². The van der Waals surface area contributed by atoms with Crippen LogP contribution >= 0.6 is 0 Å². The molecule has 0 aliphatic carbocycles. The van der Waals surface area contributed by atoms with Crippen molar-refractivity contribution >= 4 is 11.9 Å². The van der Waals surface area contributed by atoms with Crippen molar-refractivity contribution in [2.75, 3.05) is 19.6 Å². The van der Waals surface area contributed by atoms with Crippen molar-refractivity contribution in [3.05, 3.63) is 11.6 Å². The number of nitrogens with one attached hydrogen (secondary N) is 3. The van der Waals surface area contributed by atoms with Crippen molar-refractivity contribution in [3.63, 3.8) is 0 Å². The maximum Gasteiger partial charge on any atom is 0.225 e. The zero-order chi connectivity index (χ0) is 19.2. The lowest BCUT2D eigenvalue weighted by molar-refractivity contribution is -0.128. The number of amides is 1. The molecule has 1 aromatic rings. The van der Waals surface area contributed by atoms with E-state index in [1.54, 1.807) is 0 Å². The van der Waals surface area contributed by atoms with Gasteiger partial charge in [-0.1, -0.05) is 27.7 Å². The van der Waals surface area contributed by atoms with E-state index in [-0.39, 0.29) is 17.4 Å².